The van der Waals surface area contributed by atoms with Gasteiger partial charge in [-0.3, -0.25) is 0 Å². The summed E-state index contributed by atoms with van der Waals surface area (Å²) in [5.41, 5.74) is 24.2. The fraction of sp³-hybridized carbons (Fsp3) is 0.200. The summed E-state index contributed by atoms with van der Waals surface area (Å²) in [6.07, 6.45) is 11.6. The van der Waals surface area contributed by atoms with Crippen molar-refractivity contribution in [3.05, 3.63) is 335 Å². The molecule has 0 aliphatic rings. The Morgan fingerprint density at radius 3 is 0.660 bits per heavy atom. The first-order valence-corrected chi connectivity index (χ1v) is 33.5. The van der Waals surface area contributed by atoms with Crippen molar-refractivity contribution in [2.45, 2.75) is 120 Å². The van der Waals surface area contributed by atoms with Gasteiger partial charge in [0.15, 0.2) is 0 Å². The van der Waals surface area contributed by atoms with E-state index in [1.54, 1.807) is 24.3 Å². The van der Waals surface area contributed by atoms with Crippen LogP contribution in [0.5, 0.6) is 0 Å². The molecule has 12 rings (SSSR count). The van der Waals surface area contributed by atoms with Gasteiger partial charge in [-0.15, -0.1) is 0 Å². The average Bonchev–Trinajstić information content (AvgIpc) is 1.19. The van der Waals surface area contributed by atoms with E-state index in [1.807, 2.05) is 173 Å². The molecule has 94 heavy (non-hydrogen) atoms. The minimum Gasteiger partial charge on any atom is -0.206 e. The summed E-state index contributed by atoms with van der Waals surface area (Å²) in [7, 11) is 0. The molecule has 12 aromatic carbocycles. The van der Waals surface area contributed by atoms with Crippen LogP contribution in [0.15, 0.2) is 267 Å². The number of aryl methyl sites for hydroxylation is 8. The molecule has 0 unspecified atom stereocenters. The predicted octanol–water partition coefficient (Wildman–Crippen LogP) is 26.5. The van der Waals surface area contributed by atoms with Crippen molar-refractivity contribution < 1.29 is 17.6 Å². The lowest BCUT2D eigenvalue weighted by Gasteiger charge is -2.08. The number of hydrogen-bond acceptors (Lipinski definition) is 0. The molecule has 0 saturated heterocycles. The molecule has 0 spiro atoms. The van der Waals surface area contributed by atoms with Gasteiger partial charge in [-0.05, 0) is 180 Å². The third kappa shape index (κ3) is 19.2. The van der Waals surface area contributed by atoms with Crippen LogP contribution in [0.3, 0.4) is 0 Å². The number of hydrogen-bond donors (Lipinski definition) is 0. The summed E-state index contributed by atoms with van der Waals surface area (Å²) in [6.45, 7) is 16.9. The standard InChI is InChI=1S/C24H25F.C23H23F.C22H21F.C21H19F/c1-3-4-5-6-19-9-13-20(14-10-19)22-15-16-23(24(25)17-22)21-11-7-18(2)8-12-21;1-3-4-5-18-8-12-19(13-9-18)21-14-15-22(23(24)16-21)20-10-6-17(2)7-11-20;1-3-4-17-7-11-18(12-8-17)20-13-14-21(22(23)15-20)19-9-5-16(2)6-10-19;1-3-16-6-10-17(11-7-16)19-12-13-20(21(22)14-19)18-8-4-15(2)5-9-18/h7-17H,3-6H2,1-2H3;6-16H,3-5H2,1-2H3;5-15H,3-4H2,1-2H3;4-14H,3H2,1-2H3. The molecular formula is C90H88F4. The third-order valence-electron chi connectivity index (χ3n) is 17.3. The van der Waals surface area contributed by atoms with Crippen LogP contribution in [-0.2, 0) is 25.7 Å². The van der Waals surface area contributed by atoms with Crippen LogP contribution in [0.2, 0.25) is 0 Å². The van der Waals surface area contributed by atoms with Gasteiger partial charge in [0.05, 0.1) is 0 Å². The highest BCUT2D eigenvalue weighted by atomic mass is 19.1. The molecule has 0 atom stereocenters. The molecule has 12 aromatic rings. The van der Waals surface area contributed by atoms with Gasteiger partial charge in [-0.25, -0.2) is 17.6 Å². The Morgan fingerprint density at radius 1 is 0.202 bits per heavy atom. The molecule has 0 fully saturated rings. The summed E-state index contributed by atoms with van der Waals surface area (Å²) in [5.74, 6) is -0.704. The fourth-order valence-corrected chi connectivity index (χ4v) is 11.4. The first-order valence-electron chi connectivity index (χ1n) is 33.5. The predicted molar refractivity (Wildman–Crippen MR) is 393 cm³/mol. The molecule has 0 aliphatic heterocycles. The molecule has 0 bridgehead atoms. The lowest BCUT2D eigenvalue weighted by molar-refractivity contribution is 0.631. The van der Waals surface area contributed by atoms with E-state index in [2.05, 4.69) is 125 Å². The minimum absolute atomic E-state index is 0.173. The van der Waals surface area contributed by atoms with Crippen molar-refractivity contribution in [2.75, 3.05) is 0 Å². The van der Waals surface area contributed by atoms with Gasteiger partial charge in [-0.2, -0.15) is 0 Å². The lowest BCUT2D eigenvalue weighted by Crippen LogP contribution is -1.88. The second-order valence-corrected chi connectivity index (χ2v) is 24.7. The summed E-state index contributed by atoms with van der Waals surface area (Å²) in [6, 6.07) is 87.5. The van der Waals surface area contributed by atoms with E-state index < -0.39 is 0 Å². The Labute approximate surface area is 557 Å². The highest BCUT2D eigenvalue weighted by molar-refractivity contribution is 5.75. The molecule has 476 valence electrons. The molecule has 0 nitrogen and oxygen atoms in total. The van der Waals surface area contributed by atoms with E-state index >= 15 is 0 Å². The van der Waals surface area contributed by atoms with E-state index in [0.717, 1.165) is 98.9 Å². The van der Waals surface area contributed by atoms with Gasteiger partial charge in [-0.1, -0.05) is 318 Å². The first kappa shape index (κ1) is 68.7. The van der Waals surface area contributed by atoms with Gasteiger partial charge in [0.1, 0.15) is 23.3 Å². The van der Waals surface area contributed by atoms with Crippen LogP contribution < -0.4 is 0 Å². The average molecular weight is 1250 g/mol. The number of unbranched alkanes of at least 4 members (excludes halogenated alkanes) is 3. The molecule has 0 aromatic heterocycles. The Bertz CT molecular complexity index is 4300. The molecule has 0 saturated carbocycles. The van der Waals surface area contributed by atoms with Crippen LogP contribution in [0.4, 0.5) is 17.6 Å². The smallest absolute Gasteiger partial charge is 0.131 e. The van der Waals surface area contributed by atoms with Crippen molar-refractivity contribution >= 4 is 0 Å². The second-order valence-electron chi connectivity index (χ2n) is 24.7. The monoisotopic (exact) mass is 1240 g/mol. The summed E-state index contributed by atoms with van der Waals surface area (Å²) in [5, 5.41) is 0. The van der Waals surface area contributed by atoms with Crippen molar-refractivity contribution in [2.24, 2.45) is 0 Å². The Kier molecular flexibility index (Phi) is 25.1. The highest BCUT2D eigenvalue weighted by Gasteiger charge is 2.13. The van der Waals surface area contributed by atoms with Crippen LogP contribution in [-0.4, -0.2) is 0 Å². The first-order chi connectivity index (χ1) is 45.7. The van der Waals surface area contributed by atoms with Crippen molar-refractivity contribution in [1.82, 2.24) is 0 Å². The number of benzene rings is 12. The zero-order valence-corrected chi connectivity index (χ0v) is 56.0. The van der Waals surface area contributed by atoms with Gasteiger partial charge >= 0.3 is 0 Å². The molecule has 0 radical (unpaired) electrons. The lowest BCUT2D eigenvalue weighted by atomic mass is 9.98. The van der Waals surface area contributed by atoms with E-state index in [0.29, 0.717) is 22.3 Å². The highest BCUT2D eigenvalue weighted by Crippen LogP contribution is 2.34. The summed E-state index contributed by atoms with van der Waals surface area (Å²) in [4.78, 5) is 0. The number of rotatable bonds is 18. The third-order valence-corrected chi connectivity index (χ3v) is 17.3. The summed E-state index contributed by atoms with van der Waals surface area (Å²) >= 11 is 0. The topological polar surface area (TPSA) is 0 Å². The SMILES string of the molecule is CCCCCc1ccc(-c2ccc(-c3ccc(C)cc3)c(F)c2)cc1.CCCCc1ccc(-c2ccc(-c3ccc(C)cc3)c(F)c2)cc1.CCCc1ccc(-c2ccc(-c3ccc(C)cc3)c(F)c2)cc1.CCc1ccc(-c2ccc(-c3ccc(C)cc3)c(F)c2)cc1. The largest absolute Gasteiger partial charge is 0.206 e. The van der Waals surface area contributed by atoms with Crippen LogP contribution in [0.1, 0.15) is 111 Å². The Balaban J connectivity index is 0.000000148. The van der Waals surface area contributed by atoms with Gasteiger partial charge in [0.25, 0.3) is 0 Å². The van der Waals surface area contributed by atoms with E-state index in [1.165, 1.54) is 76.6 Å². The number of halogens is 4. The molecule has 0 N–H and O–H groups in total. The molecular weight excluding hydrogens is 1160 g/mol. The zero-order valence-electron chi connectivity index (χ0n) is 56.0. The van der Waals surface area contributed by atoms with Crippen molar-refractivity contribution in [3.8, 4) is 89.0 Å². The van der Waals surface area contributed by atoms with Crippen LogP contribution >= 0.6 is 0 Å². The van der Waals surface area contributed by atoms with Gasteiger partial charge < -0.3 is 0 Å². The van der Waals surface area contributed by atoms with Crippen molar-refractivity contribution in [1.29, 1.82) is 0 Å². The van der Waals surface area contributed by atoms with Gasteiger partial charge in [0.2, 0.25) is 0 Å². The second kappa shape index (κ2) is 34.3. The molecule has 0 aliphatic carbocycles. The maximum absolute atomic E-state index is 14.6. The maximum Gasteiger partial charge on any atom is 0.131 e. The zero-order chi connectivity index (χ0) is 66.3. The molecule has 0 amide bonds. The molecule has 4 heteroatoms. The summed E-state index contributed by atoms with van der Waals surface area (Å²) < 4.78 is 58.2. The van der Waals surface area contributed by atoms with E-state index in [4.69, 9.17) is 0 Å². The quantitative estimate of drug-likeness (QED) is 0.0593. The Morgan fingerprint density at radius 2 is 0.426 bits per heavy atom. The van der Waals surface area contributed by atoms with Crippen molar-refractivity contribution in [3.63, 3.8) is 0 Å². The Hall–Kier alpha value is -9.64. The fourth-order valence-electron chi connectivity index (χ4n) is 11.4. The van der Waals surface area contributed by atoms with E-state index in [-0.39, 0.29) is 23.3 Å². The minimum atomic E-state index is -0.180. The van der Waals surface area contributed by atoms with E-state index in [9.17, 15) is 17.6 Å². The van der Waals surface area contributed by atoms with Gasteiger partial charge in [0, 0.05) is 22.3 Å². The van der Waals surface area contributed by atoms with Crippen LogP contribution in [0, 0.1) is 51.0 Å². The normalized spacial score (nSPS) is 10.8. The molecule has 0 heterocycles. The van der Waals surface area contributed by atoms with Crippen LogP contribution in [0.25, 0.3) is 89.0 Å². The maximum atomic E-state index is 14.6.